The van der Waals surface area contributed by atoms with E-state index in [1.807, 2.05) is 0 Å². The first-order valence-electron chi connectivity index (χ1n) is 12.4. The van der Waals surface area contributed by atoms with Crippen molar-refractivity contribution in [2.75, 3.05) is 51.1 Å². The minimum atomic E-state index is -4.41. The summed E-state index contributed by atoms with van der Waals surface area (Å²) in [7, 11) is -8.82. The number of hydrogen-bond donors (Lipinski definition) is 0. The van der Waals surface area contributed by atoms with Crippen LogP contribution in [0.3, 0.4) is 0 Å². The Morgan fingerprint density at radius 3 is 1.38 bits per heavy atom. The van der Waals surface area contributed by atoms with Crippen LogP contribution in [0.4, 0.5) is 0 Å². The lowest BCUT2D eigenvalue weighted by molar-refractivity contribution is -0.697. The van der Waals surface area contributed by atoms with Gasteiger partial charge in [0.15, 0.2) is 24.8 Å². The maximum Gasteiger partial charge on any atom is 0.344 e. The molecule has 14 nitrogen and oxygen atoms in total. The zero-order valence-electron chi connectivity index (χ0n) is 21.6. The Morgan fingerprint density at radius 1 is 0.625 bits per heavy atom. The normalized spacial score (nSPS) is 15.9. The summed E-state index contributed by atoms with van der Waals surface area (Å²) < 4.78 is 90.4. The van der Waals surface area contributed by atoms with Gasteiger partial charge in [0.05, 0.1) is 46.7 Å². The lowest BCUT2D eigenvalue weighted by Gasteiger charge is -2.14. The summed E-state index contributed by atoms with van der Waals surface area (Å²) in [5.74, 6) is -2.62. The molecule has 0 spiro atoms. The first-order chi connectivity index (χ1) is 18.9. The number of aromatic nitrogens is 2. The number of cyclic esters (lactones) is 2. The van der Waals surface area contributed by atoms with Crippen LogP contribution < -0.4 is 9.13 Å². The first-order valence-corrected chi connectivity index (χ1v) is 15.5. The SMILES string of the molecule is O=C1OCCOCCOCCOC(=O)c2c[n+](CCCS(=O)(=O)[O-])ccc2-c2cc[n+](CCCS(=O)(=O)[O-])cc21. The van der Waals surface area contributed by atoms with Crippen LogP contribution in [0.15, 0.2) is 36.9 Å². The molecule has 16 heteroatoms. The predicted molar refractivity (Wildman–Crippen MR) is 133 cm³/mol. The average Bonchev–Trinajstić information content (AvgIpc) is 2.87. The number of ether oxygens (including phenoxy) is 4. The third-order valence-corrected chi connectivity index (χ3v) is 7.26. The topological polar surface area (TPSA) is 193 Å². The molecular weight excluding hydrogens is 572 g/mol. The lowest BCUT2D eigenvalue weighted by atomic mass is 9.98. The maximum absolute atomic E-state index is 13.1. The predicted octanol–water partition coefficient (Wildman–Crippen LogP) is -0.840. The van der Waals surface area contributed by atoms with Gasteiger partial charge in [0.2, 0.25) is 0 Å². The molecule has 0 N–H and O–H groups in total. The third-order valence-electron chi connectivity index (χ3n) is 5.68. The highest BCUT2D eigenvalue weighted by Gasteiger charge is 2.26. The highest BCUT2D eigenvalue weighted by molar-refractivity contribution is 7.85. The summed E-state index contributed by atoms with van der Waals surface area (Å²) in [5, 5.41) is 0. The molecule has 3 rings (SSSR count). The molecule has 0 amide bonds. The number of fused-ring (bicyclic) bond motifs is 3. The van der Waals surface area contributed by atoms with E-state index < -0.39 is 43.7 Å². The summed E-state index contributed by atoms with van der Waals surface area (Å²) in [6, 6.07) is 3.09. The van der Waals surface area contributed by atoms with Crippen LogP contribution in [0.1, 0.15) is 33.6 Å². The summed E-state index contributed by atoms with van der Waals surface area (Å²) in [5.41, 5.74) is 0.741. The summed E-state index contributed by atoms with van der Waals surface area (Å²) >= 11 is 0. The van der Waals surface area contributed by atoms with E-state index in [2.05, 4.69) is 0 Å². The van der Waals surface area contributed by atoms with Crippen molar-refractivity contribution in [1.82, 2.24) is 0 Å². The van der Waals surface area contributed by atoms with Gasteiger partial charge in [-0.3, -0.25) is 0 Å². The van der Waals surface area contributed by atoms with Gasteiger partial charge in [-0.05, 0) is 0 Å². The summed E-state index contributed by atoms with van der Waals surface area (Å²) in [4.78, 5) is 26.2. The fraction of sp³-hybridized carbons (Fsp3) is 0.500. The van der Waals surface area contributed by atoms with E-state index in [0.717, 1.165) is 0 Å². The summed E-state index contributed by atoms with van der Waals surface area (Å²) in [6.07, 6.45) is 6.02. The van der Waals surface area contributed by atoms with Gasteiger partial charge in [-0.15, -0.1) is 0 Å². The Labute approximate surface area is 231 Å². The van der Waals surface area contributed by atoms with Gasteiger partial charge in [0.1, 0.15) is 37.4 Å². The Balaban J connectivity index is 2.02. The van der Waals surface area contributed by atoms with Gasteiger partial charge >= 0.3 is 11.9 Å². The van der Waals surface area contributed by atoms with Gasteiger partial charge in [0.25, 0.3) is 0 Å². The van der Waals surface area contributed by atoms with Crippen molar-refractivity contribution in [2.45, 2.75) is 25.9 Å². The second-order valence-corrected chi connectivity index (χ2v) is 11.8. The molecule has 0 fully saturated rings. The largest absolute Gasteiger partial charge is 0.748 e. The van der Waals surface area contributed by atoms with Crippen LogP contribution in [0.2, 0.25) is 0 Å². The van der Waals surface area contributed by atoms with E-state index in [-0.39, 0.29) is 76.7 Å². The Hall–Kier alpha value is -3.02. The fourth-order valence-corrected chi connectivity index (χ4v) is 4.83. The molecule has 0 aliphatic carbocycles. The molecule has 0 atom stereocenters. The van der Waals surface area contributed by atoms with E-state index in [9.17, 15) is 35.5 Å². The number of pyridine rings is 2. The average molecular weight is 603 g/mol. The molecule has 0 bridgehead atoms. The molecule has 0 aromatic carbocycles. The molecule has 0 saturated carbocycles. The Bertz CT molecular complexity index is 1300. The summed E-state index contributed by atoms with van der Waals surface area (Å²) in [6.45, 7) is 0.808. The third kappa shape index (κ3) is 10.5. The molecule has 0 unspecified atom stereocenters. The number of nitrogens with zero attached hydrogens (tertiary/aromatic N) is 2. The molecule has 1 aliphatic heterocycles. The van der Waals surface area contributed by atoms with Gasteiger partial charge in [0, 0.05) is 47.6 Å². The molecular formula is C24H30N2O12S2. The van der Waals surface area contributed by atoms with Crippen LogP contribution in [-0.4, -0.2) is 89.0 Å². The van der Waals surface area contributed by atoms with Crippen LogP contribution in [0, 0.1) is 0 Å². The second-order valence-electron chi connectivity index (χ2n) is 8.75. The van der Waals surface area contributed by atoms with Crippen molar-refractivity contribution < 1.29 is 63.6 Å². The lowest BCUT2D eigenvalue weighted by Crippen LogP contribution is -2.36. The standard InChI is InChI=1S/C24H30N2O12S2/c27-23-21-17-25(5-1-15-39(29,30)31)7-3-19(21)20-4-8-26(6-2-16-40(32,33)34)18-22(20)24(28)38-14-12-36-10-9-35-11-13-37-23/h3-4,7-8,17-18H,1-2,5-6,9-16H2. The van der Waals surface area contributed by atoms with Crippen molar-refractivity contribution in [3.63, 3.8) is 0 Å². The smallest absolute Gasteiger partial charge is 0.344 e. The minimum absolute atomic E-state index is 0.0161. The quantitative estimate of drug-likeness (QED) is 0.207. The molecule has 0 radical (unpaired) electrons. The van der Waals surface area contributed by atoms with Crippen molar-refractivity contribution in [3.8, 4) is 11.1 Å². The van der Waals surface area contributed by atoms with Gasteiger partial charge in [-0.2, -0.15) is 0 Å². The number of rotatable bonds is 8. The zero-order chi connectivity index (χ0) is 29.2. The fourth-order valence-electron chi connectivity index (χ4n) is 3.86. The Kier molecular flexibility index (Phi) is 11.5. The first kappa shape index (κ1) is 31.5. The monoisotopic (exact) mass is 602 g/mol. The molecule has 1 aliphatic rings. The minimum Gasteiger partial charge on any atom is -0.748 e. The zero-order valence-corrected chi connectivity index (χ0v) is 23.2. The van der Waals surface area contributed by atoms with Crippen molar-refractivity contribution in [2.24, 2.45) is 0 Å². The van der Waals surface area contributed by atoms with Gasteiger partial charge in [-0.25, -0.2) is 35.6 Å². The van der Waals surface area contributed by atoms with Gasteiger partial charge in [-0.1, -0.05) is 0 Å². The van der Waals surface area contributed by atoms with Gasteiger partial charge < -0.3 is 28.1 Å². The number of carbonyl (C=O) groups excluding carboxylic acids is 2. The van der Waals surface area contributed by atoms with Crippen LogP contribution in [-0.2, 0) is 52.3 Å². The highest BCUT2D eigenvalue weighted by atomic mass is 32.2. The van der Waals surface area contributed by atoms with E-state index in [1.54, 1.807) is 24.5 Å². The van der Waals surface area contributed by atoms with E-state index >= 15 is 0 Å². The second kappa shape index (κ2) is 14.6. The number of carbonyl (C=O) groups is 2. The Morgan fingerprint density at radius 2 is 1.00 bits per heavy atom. The van der Waals surface area contributed by atoms with Crippen LogP contribution >= 0.6 is 0 Å². The maximum atomic E-state index is 13.1. The highest BCUT2D eigenvalue weighted by Crippen LogP contribution is 2.27. The van der Waals surface area contributed by atoms with Crippen LogP contribution in [0.5, 0.6) is 0 Å². The van der Waals surface area contributed by atoms with Crippen molar-refractivity contribution >= 4 is 32.2 Å². The van der Waals surface area contributed by atoms with E-state index in [1.165, 1.54) is 21.5 Å². The molecule has 2 aromatic heterocycles. The molecule has 2 aromatic rings. The number of hydrogen-bond acceptors (Lipinski definition) is 12. The number of esters is 2. The van der Waals surface area contributed by atoms with Crippen LogP contribution in [0.25, 0.3) is 11.1 Å². The van der Waals surface area contributed by atoms with Crippen molar-refractivity contribution in [1.29, 1.82) is 0 Å². The molecule has 40 heavy (non-hydrogen) atoms. The van der Waals surface area contributed by atoms with E-state index in [0.29, 0.717) is 11.1 Å². The molecule has 0 saturated heterocycles. The van der Waals surface area contributed by atoms with E-state index in [4.69, 9.17) is 18.9 Å². The number of aryl methyl sites for hydroxylation is 2. The molecule has 3 heterocycles. The van der Waals surface area contributed by atoms with Crippen molar-refractivity contribution in [3.05, 3.63) is 48.0 Å². The molecule has 220 valence electrons.